The molecule has 5 nitrogen and oxygen atoms in total. The number of aliphatic carboxylic acids is 1. The third-order valence-corrected chi connectivity index (χ3v) is 5.51. The molecule has 1 aromatic rings. The summed E-state index contributed by atoms with van der Waals surface area (Å²) in [6, 6.07) is 0.567. The summed E-state index contributed by atoms with van der Waals surface area (Å²) < 4.78 is 0. The van der Waals surface area contributed by atoms with Crippen LogP contribution in [0.1, 0.15) is 42.2 Å². The molecular formula is C14H21N3O2S. The van der Waals surface area contributed by atoms with Crippen LogP contribution in [0, 0.1) is 0 Å². The maximum atomic E-state index is 11.2. The number of hydrogen-bond acceptors (Lipinski definition) is 5. The standard InChI is InChI=1S/C14H21N3O2S/c1-17-7-3-2-4-9(17)8-15-14-16-12-10(13(18)19)5-6-11(12)20-14/h9-10H,2-8H2,1H3,(H,15,16)(H,18,19). The highest BCUT2D eigenvalue weighted by Gasteiger charge is 2.32. The summed E-state index contributed by atoms with van der Waals surface area (Å²) in [5, 5.41) is 13.5. The number of nitrogens with one attached hydrogen (secondary N) is 1. The van der Waals surface area contributed by atoms with Gasteiger partial charge in [-0.3, -0.25) is 4.79 Å². The number of likely N-dealkylation sites (tertiary alicyclic amines) is 1. The third-order valence-electron chi connectivity index (χ3n) is 4.43. The SMILES string of the molecule is CN1CCCCC1CNc1nc2c(s1)CCC2C(=O)O. The van der Waals surface area contributed by atoms with E-state index >= 15 is 0 Å². The second-order valence-corrected chi connectivity index (χ2v) is 6.85. The number of hydrogen-bond donors (Lipinski definition) is 2. The van der Waals surface area contributed by atoms with Gasteiger partial charge in [-0.05, 0) is 39.3 Å². The molecular weight excluding hydrogens is 274 g/mol. The predicted octanol–water partition coefficient (Wildman–Crippen LogP) is 2.15. The van der Waals surface area contributed by atoms with Crippen molar-refractivity contribution in [3.05, 3.63) is 10.6 Å². The van der Waals surface area contributed by atoms with Crippen molar-refractivity contribution in [2.45, 2.75) is 44.1 Å². The highest BCUT2D eigenvalue weighted by atomic mass is 32.1. The van der Waals surface area contributed by atoms with Gasteiger partial charge in [0.25, 0.3) is 0 Å². The second kappa shape index (κ2) is 5.69. The number of carboxylic acid groups (broad SMARTS) is 1. The Morgan fingerprint density at radius 1 is 1.50 bits per heavy atom. The van der Waals surface area contributed by atoms with Crippen molar-refractivity contribution in [3.63, 3.8) is 0 Å². The van der Waals surface area contributed by atoms with Crippen LogP contribution in [0.15, 0.2) is 0 Å². The Labute approximate surface area is 123 Å². The topological polar surface area (TPSA) is 65.5 Å². The summed E-state index contributed by atoms with van der Waals surface area (Å²) in [5.41, 5.74) is 0.794. The molecule has 1 fully saturated rings. The zero-order chi connectivity index (χ0) is 14.1. The number of aryl methyl sites for hydroxylation is 1. The van der Waals surface area contributed by atoms with Crippen molar-refractivity contribution in [2.75, 3.05) is 25.5 Å². The molecule has 1 aliphatic carbocycles. The van der Waals surface area contributed by atoms with Crippen LogP contribution in [-0.2, 0) is 11.2 Å². The van der Waals surface area contributed by atoms with Gasteiger partial charge in [0, 0.05) is 17.5 Å². The van der Waals surface area contributed by atoms with Gasteiger partial charge in [-0.2, -0.15) is 0 Å². The first-order valence-electron chi connectivity index (χ1n) is 7.31. The van der Waals surface area contributed by atoms with Crippen LogP contribution in [0.4, 0.5) is 5.13 Å². The Morgan fingerprint density at radius 2 is 2.35 bits per heavy atom. The van der Waals surface area contributed by atoms with E-state index in [0.29, 0.717) is 12.5 Å². The average Bonchev–Trinajstić information content (AvgIpc) is 2.96. The minimum Gasteiger partial charge on any atom is -0.481 e. The second-order valence-electron chi connectivity index (χ2n) is 5.77. The van der Waals surface area contributed by atoms with E-state index in [2.05, 4.69) is 22.2 Å². The summed E-state index contributed by atoms with van der Waals surface area (Å²) in [6.45, 7) is 2.07. The summed E-state index contributed by atoms with van der Waals surface area (Å²) in [6.07, 6.45) is 5.38. The first kappa shape index (κ1) is 13.8. The zero-order valence-corrected chi connectivity index (χ0v) is 12.6. The lowest BCUT2D eigenvalue weighted by Gasteiger charge is -2.32. The van der Waals surface area contributed by atoms with E-state index in [-0.39, 0.29) is 0 Å². The molecule has 0 amide bonds. The lowest BCUT2D eigenvalue weighted by atomic mass is 10.0. The monoisotopic (exact) mass is 295 g/mol. The van der Waals surface area contributed by atoms with E-state index < -0.39 is 11.9 Å². The van der Waals surface area contributed by atoms with Crippen LogP contribution in [-0.4, -0.2) is 47.1 Å². The Bertz CT molecular complexity index is 503. The molecule has 0 spiro atoms. The summed E-state index contributed by atoms with van der Waals surface area (Å²) in [5.74, 6) is -1.14. The lowest BCUT2D eigenvalue weighted by Crippen LogP contribution is -2.40. The fraction of sp³-hybridized carbons (Fsp3) is 0.714. The molecule has 3 rings (SSSR count). The molecule has 2 atom stereocenters. The van der Waals surface area contributed by atoms with Crippen LogP contribution >= 0.6 is 11.3 Å². The van der Waals surface area contributed by atoms with Crippen molar-refractivity contribution >= 4 is 22.4 Å². The van der Waals surface area contributed by atoms with E-state index in [0.717, 1.165) is 28.7 Å². The van der Waals surface area contributed by atoms with Gasteiger partial charge in [0.05, 0.1) is 5.69 Å². The number of thiazole rings is 1. The van der Waals surface area contributed by atoms with E-state index in [9.17, 15) is 9.90 Å². The van der Waals surface area contributed by atoms with Crippen molar-refractivity contribution in [3.8, 4) is 0 Å². The molecule has 2 N–H and O–H groups in total. The van der Waals surface area contributed by atoms with Crippen LogP contribution in [0.25, 0.3) is 0 Å². The Hall–Kier alpha value is -1.14. The highest BCUT2D eigenvalue weighted by molar-refractivity contribution is 7.15. The smallest absolute Gasteiger partial charge is 0.312 e. The predicted molar refractivity (Wildman–Crippen MR) is 79.6 cm³/mol. The molecule has 0 radical (unpaired) electrons. The Balaban J connectivity index is 1.62. The summed E-state index contributed by atoms with van der Waals surface area (Å²) >= 11 is 1.63. The fourth-order valence-electron chi connectivity index (χ4n) is 3.15. The van der Waals surface area contributed by atoms with Gasteiger partial charge in [-0.1, -0.05) is 6.42 Å². The highest BCUT2D eigenvalue weighted by Crippen LogP contribution is 2.38. The van der Waals surface area contributed by atoms with Gasteiger partial charge in [-0.15, -0.1) is 11.3 Å². The molecule has 0 saturated carbocycles. The Kier molecular flexibility index (Phi) is 3.94. The molecule has 20 heavy (non-hydrogen) atoms. The molecule has 1 aliphatic heterocycles. The summed E-state index contributed by atoms with van der Waals surface area (Å²) in [7, 11) is 2.17. The number of carbonyl (C=O) groups is 1. The van der Waals surface area contributed by atoms with Crippen LogP contribution in [0.3, 0.4) is 0 Å². The van der Waals surface area contributed by atoms with Crippen LogP contribution < -0.4 is 5.32 Å². The van der Waals surface area contributed by atoms with E-state index in [1.54, 1.807) is 11.3 Å². The van der Waals surface area contributed by atoms with Gasteiger partial charge in [-0.25, -0.2) is 4.98 Å². The third kappa shape index (κ3) is 2.67. The van der Waals surface area contributed by atoms with Crippen LogP contribution in [0.2, 0.25) is 0 Å². The molecule has 0 bridgehead atoms. The van der Waals surface area contributed by atoms with E-state index in [4.69, 9.17) is 0 Å². The fourth-order valence-corrected chi connectivity index (χ4v) is 4.20. The van der Waals surface area contributed by atoms with E-state index in [1.165, 1.54) is 25.8 Å². The molecule has 1 aromatic heterocycles. The average molecular weight is 295 g/mol. The van der Waals surface area contributed by atoms with Crippen molar-refractivity contribution in [1.29, 1.82) is 0 Å². The van der Waals surface area contributed by atoms with Gasteiger partial charge < -0.3 is 15.3 Å². The number of aromatic nitrogens is 1. The molecule has 2 heterocycles. The Morgan fingerprint density at radius 3 is 3.10 bits per heavy atom. The molecule has 2 aliphatic rings. The molecule has 2 unspecified atom stereocenters. The first-order chi connectivity index (χ1) is 9.65. The minimum atomic E-state index is -0.743. The van der Waals surface area contributed by atoms with Crippen molar-refractivity contribution in [2.24, 2.45) is 0 Å². The maximum absolute atomic E-state index is 11.2. The number of rotatable bonds is 4. The maximum Gasteiger partial charge on any atom is 0.312 e. The largest absolute Gasteiger partial charge is 0.481 e. The minimum absolute atomic E-state index is 0.394. The number of fused-ring (bicyclic) bond motifs is 1. The molecule has 110 valence electrons. The van der Waals surface area contributed by atoms with Crippen LogP contribution in [0.5, 0.6) is 0 Å². The van der Waals surface area contributed by atoms with Gasteiger partial charge >= 0.3 is 5.97 Å². The number of piperidine rings is 1. The van der Waals surface area contributed by atoms with Gasteiger partial charge in [0.15, 0.2) is 5.13 Å². The van der Waals surface area contributed by atoms with Crippen molar-refractivity contribution < 1.29 is 9.90 Å². The first-order valence-corrected chi connectivity index (χ1v) is 8.13. The van der Waals surface area contributed by atoms with Gasteiger partial charge in [0.2, 0.25) is 0 Å². The van der Waals surface area contributed by atoms with Crippen molar-refractivity contribution in [1.82, 2.24) is 9.88 Å². The summed E-state index contributed by atoms with van der Waals surface area (Å²) in [4.78, 5) is 19.2. The molecule has 1 saturated heterocycles. The quantitative estimate of drug-likeness (QED) is 0.891. The van der Waals surface area contributed by atoms with E-state index in [1.807, 2.05) is 0 Å². The number of likely N-dealkylation sites (N-methyl/N-ethyl adjacent to an activating group) is 1. The molecule has 0 aromatic carbocycles. The normalized spacial score (nSPS) is 26.4. The van der Waals surface area contributed by atoms with Gasteiger partial charge in [0.1, 0.15) is 5.92 Å². The zero-order valence-electron chi connectivity index (χ0n) is 11.8. The number of anilines is 1. The number of carboxylic acids is 1. The lowest BCUT2D eigenvalue weighted by molar-refractivity contribution is -0.138. The number of nitrogens with zero attached hydrogens (tertiary/aromatic N) is 2. The molecule has 6 heteroatoms.